The second kappa shape index (κ2) is 10.4. The number of esters is 1. The highest BCUT2D eigenvalue weighted by Gasteiger charge is 2.13. The Morgan fingerprint density at radius 1 is 1.11 bits per heavy atom. The molecule has 0 radical (unpaired) electrons. The van der Waals surface area contributed by atoms with Gasteiger partial charge in [-0.1, -0.05) is 18.2 Å². The van der Waals surface area contributed by atoms with Gasteiger partial charge in [0, 0.05) is 0 Å². The number of carbonyl (C=O) groups is 3. The van der Waals surface area contributed by atoms with Crippen LogP contribution in [0.25, 0.3) is 6.08 Å². The number of hydrogen-bond donors (Lipinski definition) is 2. The number of nitrogens with one attached hydrogen (secondary N) is 2. The lowest BCUT2D eigenvalue weighted by Crippen LogP contribution is -2.43. The van der Waals surface area contributed by atoms with Crippen molar-refractivity contribution in [2.45, 2.75) is 6.92 Å². The van der Waals surface area contributed by atoms with E-state index >= 15 is 0 Å². The van der Waals surface area contributed by atoms with Crippen LogP contribution in [-0.2, 0) is 14.3 Å². The normalized spacial score (nSPS) is 10.4. The quantitative estimate of drug-likeness (QED) is 0.522. The molecule has 0 aliphatic heterocycles. The Morgan fingerprint density at radius 2 is 1.93 bits per heavy atom. The molecule has 0 saturated heterocycles. The van der Waals surface area contributed by atoms with Gasteiger partial charge in [0.05, 0.1) is 13.4 Å². The zero-order valence-electron chi connectivity index (χ0n) is 15.4. The van der Waals surface area contributed by atoms with E-state index in [9.17, 15) is 14.4 Å². The number of hydrogen-bond acceptors (Lipinski definition) is 7. The zero-order valence-corrected chi connectivity index (χ0v) is 15.4. The van der Waals surface area contributed by atoms with Gasteiger partial charge < -0.3 is 18.6 Å². The number of amides is 2. The Kier molecular flexibility index (Phi) is 7.64. The first-order valence-electron chi connectivity index (χ1n) is 8.25. The van der Waals surface area contributed by atoms with Crippen molar-refractivity contribution >= 4 is 23.9 Å². The van der Waals surface area contributed by atoms with E-state index in [1.807, 2.05) is 19.1 Å². The number of methoxy groups -OCH3 is 1. The number of furan rings is 1. The molecule has 1 aromatic carbocycles. The molecule has 0 fully saturated rings. The number of allylic oxidation sites excluding steroid dienone is 1. The van der Waals surface area contributed by atoms with Gasteiger partial charge in [0.25, 0.3) is 5.91 Å². The van der Waals surface area contributed by atoms with E-state index < -0.39 is 31.0 Å². The molecule has 2 rings (SSSR count). The van der Waals surface area contributed by atoms with Crippen LogP contribution in [-0.4, -0.2) is 38.1 Å². The second-order valence-electron chi connectivity index (χ2n) is 5.34. The van der Waals surface area contributed by atoms with Gasteiger partial charge in [-0.2, -0.15) is 0 Å². The monoisotopic (exact) mass is 388 g/mol. The molecule has 2 N–H and O–H groups in total. The Labute approximate surface area is 161 Å². The van der Waals surface area contributed by atoms with Crippen molar-refractivity contribution in [1.82, 2.24) is 10.9 Å². The van der Waals surface area contributed by atoms with Crippen molar-refractivity contribution in [2.75, 3.05) is 20.3 Å². The highest BCUT2D eigenvalue weighted by atomic mass is 16.6. The maximum absolute atomic E-state index is 11.7. The van der Waals surface area contributed by atoms with Crippen LogP contribution in [0.3, 0.4) is 0 Å². The fourth-order valence-corrected chi connectivity index (χ4v) is 2.06. The molecular formula is C19H20N2O7. The molecule has 0 atom stereocenters. The molecule has 9 heteroatoms. The summed E-state index contributed by atoms with van der Waals surface area (Å²) in [5.74, 6) is -1.26. The van der Waals surface area contributed by atoms with Crippen LogP contribution in [0.2, 0.25) is 0 Å². The molecular weight excluding hydrogens is 368 g/mol. The van der Waals surface area contributed by atoms with Crippen LogP contribution in [0.15, 0.2) is 47.1 Å². The molecule has 148 valence electrons. The first-order chi connectivity index (χ1) is 13.5. The van der Waals surface area contributed by atoms with E-state index in [0.717, 1.165) is 5.56 Å². The molecule has 1 aromatic heterocycles. The topological polar surface area (TPSA) is 116 Å². The molecule has 0 unspecified atom stereocenters. The van der Waals surface area contributed by atoms with Gasteiger partial charge in [-0.15, -0.1) is 0 Å². The summed E-state index contributed by atoms with van der Waals surface area (Å²) in [4.78, 5) is 34.9. The van der Waals surface area contributed by atoms with Crippen LogP contribution in [0.5, 0.6) is 11.5 Å². The predicted octanol–water partition coefficient (Wildman–Crippen LogP) is 1.70. The number of hydrazine groups is 1. The van der Waals surface area contributed by atoms with Crippen molar-refractivity contribution in [3.05, 3.63) is 54.0 Å². The summed E-state index contributed by atoms with van der Waals surface area (Å²) in [7, 11) is 1.49. The van der Waals surface area contributed by atoms with Gasteiger partial charge in [-0.25, -0.2) is 4.79 Å². The molecule has 0 saturated carbocycles. The summed E-state index contributed by atoms with van der Waals surface area (Å²) in [6.45, 7) is 0.898. The zero-order chi connectivity index (χ0) is 20.4. The van der Waals surface area contributed by atoms with Crippen molar-refractivity contribution in [1.29, 1.82) is 0 Å². The Hall–Kier alpha value is -3.75. The van der Waals surface area contributed by atoms with E-state index in [1.165, 1.54) is 25.5 Å². The first-order valence-corrected chi connectivity index (χ1v) is 8.25. The van der Waals surface area contributed by atoms with Crippen molar-refractivity contribution in [3.8, 4) is 11.5 Å². The van der Waals surface area contributed by atoms with Crippen molar-refractivity contribution in [2.24, 2.45) is 0 Å². The van der Waals surface area contributed by atoms with Crippen LogP contribution in [0.4, 0.5) is 0 Å². The fraction of sp³-hybridized carbons (Fsp3) is 0.211. The first kappa shape index (κ1) is 20.6. The standard InChI is InChI=1S/C19H20N2O7/c1-3-5-13-7-8-14(16(10-13)25-2)27-12-18(23)28-11-17(22)20-21-19(24)15-6-4-9-26-15/h3-10H,11-12H2,1-2H3,(H,20,22)(H,21,24)/b5-3+. The maximum atomic E-state index is 11.7. The van der Waals surface area contributed by atoms with Crippen LogP contribution in [0.1, 0.15) is 23.0 Å². The molecule has 9 nitrogen and oxygen atoms in total. The fourth-order valence-electron chi connectivity index (χ4n) is 2.06. The maximum Gasteiger partial charge on any atom is 0.344 e. The summed E-state index contributed by atoms with van der Waals surface area (Å²) in [6.07, 6.45) is 5.10. The molecule has 0 bridgehead atoms. The van der Waals surface area contributed by atoms with Gasteiger partial charge >= 0.3 is 11.9 Å². The van der Waals surface area contributed by atoms with Crippen LogP contribution >= 0.6 is 0 Å². The smallest absolute Gasteiger partial charge is 0.344 e. The summed E-state index contributed by atoms with van der Waals surface area (Å²) < 4.78 is 20.2. The third-order valence-electron chi connectivity index (χ3n) is 3.32. The minimum atomic E-state index is -0.757. The molecule has 2 aromatic rings. The van der Waals surface area contributed by atoms with E-state index in [1.54, 1.807) is 18.2 Å². The van der Waals surface area contributed by atoms with Gasteiger partial charge in [0.2, 0.25) is 0 Å². The van der Waals surface area contributed by atoms with Crippen LogP contribution < -0.4 is 20.3 Å². The van der Waals surface area contributed by atoms with E-state index in [0.29, 0.717) is 11.5 Å². The Balaban J connectivity index is 1.73. The molecule has 1 heterocycles. The highest BCUT2D eigenvalue weighted by molar-refractivity contribution is 5.93. The van der Waals surface area contributed by atoms with Gasteiger partial charge in [-0.3, -0.25) is 20.4 Å². The Morgan fingerprint density at radius 3 is 2.61 bits per heavy atom. The van der Waals surface area contributed by atoms with E-state index in [4.69, 9.17) is 18.6 Å². The second-order valence-corrected chi connectivity index (χ2v) is 5.34. The minimum Gasteiger partial charge on any atom is -0.493 e. The average Bonchev–Trinajstić information content (AvgIpc) is 3.24. The van der Waals surface area contributed by atoms with Gasteiger partial charge in [0.1, 0.15) is 0 Å². The van der Waals surface area contributed by atoms with Crippen LogP contribution in [0, 0.1) is 0 Å². The Bertz CT molecular complexity index is 844. The number of benzene rings is 1. The lowest BCUT2D eigenvalue weighted by atomic mass is 10.2. The number of rotatable bonds is 8. The molecule has 28 heavy (non-hydrogen) atoms. The summed E-state index contributed by atoms with van der Waals surface area (Å²) in [6, 6.07) is 8.19. The largest absolute Gasteiger partial charge is 0.493 e. The molecule has 0 aliphatic rings. The van der Waals surface area contributed by atoms with E-state index in [-0.39, 0.29) is 5.76 Å². The lowest BCUT2D eigenvalue weighted by Gasteiger charge is -2.11. The highest BCUT2D eigenvalue weighted by Crippen LogP contribution is 2.28. The van der Waals surface area contributed by atoms with Crippen molar-refractivity contribution < 1.29 is 33.0 Å². The SMILES string of the molecule is C/C=C/c1ccc(OCC(=O)OCC(=O)NNC(=O)c2ccco2)c(OC)c1. The molecule has 0 aliphatic carbocycles. The van der Waals surface area contributed by atoms with Gasteiger partial charge in [-0.05, 0) is 36.8 Å². The summed E-state index contributed by atoms with van der Waals surface area (Å²) in [5.41, 5.74) is 5.13. The summed E-state index contributed by atoms with van der Waals surface area (Å²) in [5, 5.41) is 0. The van der Waals surface area contributed by atoms with E-state index in [2.05, 4.69) is 10.9 Å². The molecule has 2 amide bonds. The predicted molar refractivity (Wildman–Crippen MR) is 98.5 cm³/mol. The van der Waals surface area contributed by atoms with Crippen molar-refractivity contribution in [3.63, 3.8) is 0 Å². The summed E-state index contributed by atoms with van der Waals surface area (Å²) >= 11 is 0. The number of ether oxygens (including phenoxy) is 3. The average molecular weight is 388 g/mol. The third-order valence-corrected chi connectivity index (χ3v) is 3.32. The van der Waals surface area contributed by atoms with Gasteiger partial charge in [0.15, 0.2) is 30.5 Å². The minimum absolute atomic E-state index is 0.0279. The molecule has 0 spiro atoms. The lowest BCUT2D eigenvalue weighted by molar-refractivity contribution is -0.150. The number of carbonyl (C=O) groups excluding carboxylic acids is 3. The third kappa shape index (κ3) is 6.20.